The second-order valence-corrected chi connectivity index (χ2v) is 2.92. The molecule has 1 aromatic heterocycles. The Kier molecular flexibility index (Phi) is 1.55. The summed E-state index contributed by atoms with van der Waals surface area (Å²) in [6.07, 6.45) is 0. The Morgan fingerprint density at radius 3 is 3.08 bits per heavy atom. The van der Waals surface area contributed by atoms with E-state index in [9.17, 15) is 0 Å². The molecule has 0 aromatic carbocycles. The van der Waals surface area contributed by atoms with Crippen LogP contribution in [0.15, 0.2) is 10.6 Å². The summed E-state index contributed by atoms with van der Waals surface area (Å²) >= 11 is 0. The van der Waals surface area contributed by atoms with Crippen molar-refractivity contribution in [3.8, 4) is 5.88 Å². The minimum absolute atomic E-state index is 0.318. The highest BCUT2D eigenvalue weighted by molar-refractivity contribution is 5.09. The summed E-state index contributed by atoms with van der Waals surface area (Å²) in [5.41, 5.74) is 5.01. The zero-order valence-electron chi connectivity index (χ0n) is 6.74. The number of epoxide rings is 1. The Balaban J connectivity index is 1.87. The van der Waals surface area contributed by atoms with Crippen molar-refractivity contribution in [1.82, 2.24) is 5.16 Å². The third-order valence-corrected chi connectivity index (χ3v) is 1.59. The number of rotatable bonds is 3. The predicted molar refractivity (Wildman–Crippen MR) is 39.6 cm³/mol. The van der Waals surface area contributed by atoms with Gasteiger partial charge in [0.2, 0.25) is 0 Å². The molecule has 0 radical (unpaired) electrons. The van der Waals surface area contributed by atoms with E-state index in [1.54, 1.807) is 13.0 Å². The summed E-state index contributed by atoms with van der Waals surface area (Å²) in [4.78, 5) is 0. The second-order valence-electron chi connectivity index (χ2n) is 2.92. The number of hydrogen-bond donors (Lipinski definition) is 1. The average molecular weight is 170 g/mol. The van der Waals surface area contributed by atoms with E-state index in [4.69, 9.17) is 19.7 Å². The van der Waals surface area contributed by atoms with E-state index in [1.807, 2.05) is 0 Å². The van der Waals surface area contributed by atoms with Crippen LogP contribution in [0.4, 0.5) is 0 Å². The summed E-state index contributed by atoms with van der Waals surface area (Å²) in [5.74, 6) is 1.17. The maximum absolute atomic E-state index is 5.60. The first kappa shape index (κ1) is 7.57. The van der Waals surface area contributed by atoms with Crippen molar-refractivity contribution in [3.63, 3.8) is 0 Å². The van der Waals surface area contributed by atoms with Crippen LogP contribution in [0.5, 0.6) is 5.88 Å². The van der Waals surface area contributed by atoms with Crippen LogP contribution in [0, 0.1) is 6.92 Å². The Hall–Kier alpha value is -1.07. The molecule has 2 N–H and O–H groups in total. The molecule has 2 heterocycles. The number of aromatic nitrogens is 1. The van der Waals surface area contributed by atoms with Crippen molar-refractivity contribution in [1.29, 1.82) is 0 Å². The number of hydrogen-bond acceptors (Lipinski definition) is 5. The molecule has 1 aliphatic rings. The van der Waals surface area contributed by atoms with Crippen LogP contribution in [-0.4, -0.2) is 24.1 Å². The lowest BCUT2D eigenvalue weighted by atomic mass is 10.4. The summed E-state index contributed by atoms with van der Waals surface area (Å²) < 4.78 is 14.9. The second kappa shape index (κ2) is 2.46. The van der Waals surface area contributed by atoms with Gasteiger partial charge >= 0.3 is 0 Å². The van der Waals surface area contributed by atoms with E-state index >= 15 is 0 Å². The molecule has 0 spiro atoms. The van der Waals surface area contributed by atoms with Crippen LogP contribution in [0.3, 0.4) is 0 Å². The molecule has 1 saturated heterocycles. The van der Waals surface area contributed by atoms with Gasteiger partial charge in [0.25, 0.3) is 5.88 Å². The third-order valence-electron chi connectivity index (χ3n) is 1.59. The highest BCUT2D eigenvalue weighted by atomic mass is 16.6. The van der Waals surface area contributed by atoms with Gasteiger partial charge in [0.1, 0.15) is 12.4 Å². The van der Waals surface area contributed by atoms with Crippen LogP contribution in [0.1, 0.15) is 5.76 Å². The SMILES string of the molecule is Cc1cc(OC[C@]2(N)CO2)no1. The van der Waals surface area contributed by atoms with Crippen molar-refractivity contribution in [2.45, 2.75) is 12.6 Å². The highest BCUT2D eigenvalue weighted by Gasteiger charge is 2.41. The summed E-state index contributed by atoms with van der Waals surface area (Å²) in [6, 6.07) is 1.70. The van der Waals surface area contributed by atoms with Gasteiger partial charge in [-0.3, -0.25) is 5.73 Å². The number of nitrogens with zero attached hydrogens (tertiary/aromatic N) is 1. The van der Waals surface area contributed by atoms with Crippen molar-refractivity contribution >= 4 is 0 Å². The van der Waals surface area contributed by atoms with Crippen LogP contribution in [0.2, 0.25) is 0 Å². The van der Waals surface area contributed by atoms with E-state index in [2.05, 4.69) is 5.16 Å². The fraction of sp³-hybridized carbons (Fsp3) is 0.571. The van der Waals surface area contributed by atoms with Crippen LogP contribution in [-0.2, 0) is 4.74 Å². The van der Waals surface area contributed by atoms with E-state index < -0.39 is 5.72 Å². The largest absolute Gasteiger partial charge is 0.471 e. The monoisotopic (exact) mass is 170 g/mol. The molecule has 1 aliphatic heterocycles. The van der Waals surface area contributed by atoms with Crippen LogP contribution < -0.4 is 10.5 Å². The third kappa shape index (κ3) is 1.57. The Bertz CT molecular complexity index is 280. The van der Waals surface area contributed by atoms with E-state index in [0.29, 0.717) is 24.9 Å². The fourth-order valence-electron chi connectivity index (χ4n) is 0.784. The molecule has 0 aliphatic carbocycles. The lowest BCUT2D eigenvalue weighted by Gasteiger charge is -2.03. The van der Waals surface area contributed by atoms with Gasteiger partial charge in [0.05, 0.1) is 6.61 Å². The van der Waals surface area contributed by atoms with Gasteiger partial charge < -0.3 is 14.0 Å². The van der Waals surface area contributed by atoms with Crippen molar-refractivity contribution in [2.24, 2.45) is 5.73 Å². The van der Waals surface area contributed by atoms with Gasteiger partial charge in [0, 0.05) is 6.07 Å². The molecule has 1 fully saturated rings. The van der Waals surface area contributed by atoms with Gasteiger partial charge in [-0.2, -0.15) is 0 Å². The molecule has 66 valence electrons. The molecule has 5 heteroatoms. The Morgan fingerprint density at radius 1 is 1.83 bits per heavy atom. The van der Waals surface area contributed by atoms with Crippen molar-refractivity contribution in [3.05, 3.63) is 11.8 Å². The van der Waals surface area contributed by atoms with Gasteiger partial charge in [0.15, 0.2) is 5.72 Å². The lowest BCUT2D eigenvalue weighted by molar-refractivity contribution is 0.182. The topological polar surface area (TPSA) is 73.8 Å². The first-order valence-electron chi connectivity index (χ1n) is 3.67. The van der Waals surface area contributed by atoms with Crippen LogP contribution >= 0.6 is 0 Å². The highest BCUT2D eigenvalue weighted by Crippen LogP contribution is 2.21. The van der Waals surface area contributed by atoms with E-state index in [0.717, 1.165) is 0 Å². The van der Waals surface area contributed by atoms with Gasteiger partial charge in [-0.05, 0) is 12.1 Å². The first-order chi connectivity index (χ1) is 5.68. The Labute approximate surface area is 69.4 Å². The van der Waals surface area contributed by atoms with Gasteiger partial charge in [-0.25, -0.2) is 0 Å². The lowest BCUT2D eigenvalue weighted by Crippen LogP contribution is -2.31. The van der Waals surface area contributed by atoms with Gasteiger partial charge in [-0.15, -0.1) is 0 Å². The zero-order chi connectivity index (χ0) is 8.60. The molecule has 0 amide bonds. The maximum Gasteiger partial charge on any atom is 0.254 e. The van der Waals surface area contributed by atoms with E-state index in [-0.39, 0.29) is 0 Å². The van der Waals surface area contributed by atoms with Crippen LogP contribution in [0.25, 0.3) is 0 Å². The zero-order valence-corrected chi connectivity index (χ0v) is 6.74. The van der Waals surface area contributed by atoms with Gasteiger partial charge in [-0.1, -0.05) is 0 Å². The fourth-order valence-corrected chi connectivity index (χ4v) is 0.784. The predicted octanol–water partition coefficient (Wildman–Crippen LogP) is 0.0470. The number of aryl methyl sites for hydroxylation is 1. The molecular weight excluding hydrogens is 160 g/mol. The van der Waals surface area contributed by atoms with Crippen molar-refractivity contribution < 1.29 is 14.0 Å². The molecule has 0 unspecified atom stereocenters. The molecule has 5 nitrogen and oxygen atoms in total. The molecule has 0 saturated carbocycles. The maximum atomic E-state index is 5.60. The molecule has 12 heavy (non-hydrogen) atoms. The summed E-state index contributed by atoms with van der Waals surface area (Å²) in [6.45, 7) is 2.66. The van der Waals surface area contributed by atoms with Crippen molar-refractivity contribution in [2.75, 3.05) is 13.2 Å². The number of ether oxygens (including phenoxy) is 2. The minimum Gasteiger partial charge on any atom is -0.471 e. The molecule has 2 rings (SSSR count). The molecular formula is C7H10N2O3. The average Bonchev–Trinajstić information content (AvgIpc) is 2.60. The smallest absolute Gasteiger partial charge is 0.254 e. The number of nitrogens with two attached hydrogens (primary N) is 1. The normalized spacial score (nSPS) is 27.2. The molecule has 1 atom stereocenters. The standard InChI is InChI=1S/C7H10N2O3/c1-5-2-6(9-12-5)10-3-7(8)4-11-7/h2H,3-4,8H2,1H3/t7-/m1/s1. The first-order valence-corrected chi connectivity index (χ1v) is 3.67. The molecule has 0 bridgehead atoms. The Morgan fingerprint density at radius 2 is 2.58 bits per heavy atom. The minimum atomic E-state index is -0.590. The summed E-state index contributed by atoms with van der Waals surface area (Å²) in [5, 5.41) is 3.64. The quantitative estimate of drug-likeness (QED) is 0.648. The molecule has 1 aromatic rings. The van der Waals surface area contributed by atoms with E-state index in [1.165, 1.54) is 0 Å². The summed E-state index contributed by atoms with van der Waals surface area (Å²) in [7, 11) is 0.